The van der Waals surface area contributed by atoms with E-state index in [0.29, 0.717) is 23.3 Å². The molecule has 2 aromatic carbocycles. The second-order valence-electron chi connectivity index (χ2n) is 5.66. The van der Waals surface area contributed by atoms with Crippen LogP contribution < -0.4 is 10.7 Å². The number of aromatic nitrogens is 4. The first-order valence-corrected chi connectivity index (χ1v) is 7.86. The zero-order valence-corrected chi connectivity index (χ0v) is 13.3. The molecule has 1 amide bonds. The van der Waals surface area contributed by atoms with Crippen molar-refractivity contribution in [3.05, 3.63) is 70.8 Å². The zero-order chi connectivity index (χ0) is 17.2. The SMILES string of the molecule is O=C(Cn1ncc(=O)c2ccccc21)NCc1nc2ccccc2[nH]1. The van der Waals surface area contributed by atoms with Crippen LogP contribution in [0.25, 0.3) is 21.9 Å². The molecule has 124 valence electrons. The first-order valence-electron chi connectivity index (χ1n) is 7.86. The van der Waals surface area contributed by atoms with Crippen LogP contribution in [0.4, 0.5) is 0 Å². The highest BCUT2D eigenvalue weighted by Gasteiger charge is 2.09. The summed E-state index contributed by atoms with van der Waals surface area (Å²) in [6.07, 6.45) is 1.23. The lowest BCUT2D eigenvalue weighted by atomic mass is 10.2. The lowest BCUT2D eigenvalue weighted by Crippen LogP contribution is -2.29. The maximum Gasteiger partial charge on any atom is 0.242 e. The monoisotopic (exact) mass is 333 g/mol. The van der Waals surface area contributed by atoms with Gasteiger partial charge in [0, 0.05) is 5.39 Å². The molecule has 4 rings (SSSR count). The second-order valence-corrected chi connectivity index (χ2v) is 5.66. The van der Waals surface area contributed by atoms with Gasteiger partial charge in [-0.15, -0.1) is 0 Å². The summed E-state index contributed by atoms with van der Waals surface area (Å²) in [6.45, 7) is 0.326. The Labute approximate surface area is 142 Å². The Morgan fingerprint density at radius 3 is 2.80 bits per heavy atom. The second kappa shape index (κ2) is 6.20. The number of amides is 1. The number of hydrogen-bond donors (Lipinski definition) is 2. The van der Waals surface area contributed by atoms with Crippen LogP contribution in [0, 0.1) is 0 Å². The Balaban J connectivity index is 1.49. The Morgan fingerprint density at radius 1 is 1.12 bits per heavy atom. The molecule has 0 aliphatic heterocycles. The summed E-state index contributed by atoms with van der Waals surface area (Å²) in [4.78, 5) is 31.6. The van der Waals surface area contributed by atoms with Gasteiger partial charge in [-0.1, -0.05) is 24.3 Å². The summed E-state index contributed by atoms with van der Waals surface area (Å²) in [5.74, 6) is 0.481. The number of aromatic amines is 1. The Kier molecular flexibility index (Phi) is 3.74. The third-order valence-corrected chi connectivity index (χ3v) is 3.95. The number of carbonyl (C=O) groups excluding carboxylic acids is 1. The number of nitrogens with zero attached hydrogens (tertiary/aromatic N) is 3. The normalized spacial score (nSPS) is 11.0. The summed E-state index contributed by atoms with van der Waals surface area (Å²) < 4.78 is 1.52. The van der Waals surface area contributed by atoms with Crippen molar-refractivity contribution < 1.29 is 4.79 Å². The number of hydrogen-bond acceptors (Lipinski definition) is 4. The van der Waals surface area contributed by atoms with E-state index in [2.05, 4.69) is 20.4 Å². The average Bonchev–Trinajstić information content (AvgIpc) is 3.06. The van der Waals surface area contributed by atoms with E-state index in [1.165, 1.54) is 10.9 Å². The molecule has 0 saturated carbocycles. The zero-order valence-electron chi connectivity index (χ0n) is 13.3. The van der Waals surface area contributed by atoms with Crippen molar-refractivity contribution >= 4 is 27.8 Å². The summed E-state index contributed by atoms with van der Waals surface area (Å²) in [5, 5.41) is 7.42. The molecule has 7 heteroatoms. The number of fused-ring (bicyclic) bond motifs is 2. The lowest BCUT2D eigenvalue weighted by Gasteiger charge is -2.09. The predicted octanol–water partition coefficient (Wildman–Crippen LogP) is 1.59. The molecule has 7 nitrogen and oxygen atoms in total. The molecule has 0 radical (unpaired) electrons. The van der Waals surface area contributed by atoms with Crippen LogP contribution in [-0.4, -0.2) is 25.7 Å². The van der Waals surface area contributed by atoms with Crippen LogP contribution in [-0.2, 0) is 17.9 Å². The molecule has 0 spiro atoms. The van der Waals surface area contributed by atoms with Crippen LogP contribution in [0.1, 0.15) is 5.82 Å². The molecule has 0 fully saturated rings. The predicted molar refractivity (Wildman–Crippen MR) is 93.9 cm³/mol. The van der Waals surface area contributed by atoms with Crippen LogP contribution in [0.15, 0.2) is 59.5 Å². The third kappa shape index (κ3) is 2.99. The van der Waals surface area contributed by atoms with Gasteiger partial charge in [-0.05, 0) is 24.3 Å². The van der Waals surface area contributed by atoms with Crippen molar-refractivity contribution in [3.63, 3.8) is 0 Å². The molecule has 0 aliphatic carbocycles. The van der Waals surface area contributed by atoms with Gasteiger partial charge in [-0.3, -0.25) is 14.3 Å². The lowest BCUT2D eigenvalue weighted by molar-refractivity contribution is -0.122. The molecule has 4 aromatic rings. The highest BCUT2D eigenvalue weighted by Crippen LogP contribution is 2.10. The molecule has 0 unspecified atom stereocenters. The van der Waals surface area contributed by atoms with Gasteiger partial charge in [0.05, 0.1) is 29.3 Å². The van der Waals surface area contributed by atoms with Gasteiger partial charge < -0.3 is 10.3 Å². The topological polar surface area (TPSA) is 92.7 Å². The molecule has 0 aliphatic rings. The highest BCUT2D eigenvalue weighted by molar-refractivity contribution is 5.81. The van der Waals surface area contributed by atoms with E-state index in [9.17, 15) is 9.59 Å². The van der Waals surface area contributed by atoms with Crippen LogP contribution in [0.5, 0.6) is 0 Å². The Bertz CT molecular complexity index is 1100. The summed E-state index contributed by atoms with van der Waals surface area (Å²) in [6, 6.07) is 14.8. The van der Waals surface area contributed by atoms with Crippen LogP contribution in [0.2, 0.25) is 0 Å². The fourth-order valence-electron chi connectivity index (χ4n) is 2.75. The number of carbonyl (C=O) groups is 1. The fraction of sp³-hybridized carbons (Fsp3) is 0.111. The smallest absolute Gasteiger partial charge is 0.242 e. The number of rotatable bonds is 4. The summed E-state index contributed by atoms with van der Waals surface area (Å²) in [5.41, 5.74) is 2.27. The van der Waals surface area contributed by atoms with E-state index >= 15 is 0 Å². The minimum atomic E-state index is -0.207. The van der Waals surface area contributed by atoms with Crippen molar-refractivity contribution in [2.24, 2.45) is 0 Å². The van der Waals surface area contributed by atoms with Gasteiger partial charge >= 0.3 is 0 Å². The quantitative estimate of drug-likeness (QED) is 0.593. The maximum absolute atomic E-state index is 12.2. The van der Waals surface area contributed by atoms with Crippen LogP contribution in [0.3, 0.4) is 0 Å². The van der Waals surface area contributed by atoms with Crippen molar-refractivity contribution in [2.75, 3.05) is 0 Å². The van der Waals surface area contributed by atoms with Gasteiger partial charge in [0.15, 0.2) is 0 Å². The van der Waals surface area contributed by atoms with Gasteiger partial charge in [-0.25, -0.2) is 4.98 Å². The molecule has 2 heterocycles. The number of nitrogens with one attached hydrogen (secondary N) is 2. The Morgan fingerprint density at radius 2 is 1.92 bits per heavy atom. The molecule has 0 saturated heterocycles. The van der Waals surface area contributed by atoms with E-state index in [0.717, 1.165) is 11.0 Å². The van der Waals surface area contributed by atoms with Crippen molar-refractivity contribution in [1.29, 1.82) is 0 Å². The highest BCUT2D eigenvalue weighted by atomic mass is 16.2. The first kappa shape index (κ1) is 15.1. The van der Waals surface area contributed by atoms with E-state index in [-0.39, 0.29) is 17.9 Å². The minimum Gasteiger partial charge on any atom is -0.347 e. The van der Waals surface area contributed by atoms with Crippen molar-refractivity contribution in [1.82, 2.24) is 25.1 Å². The molecule has 0 atom stereocenters. The largest absolute Gasteiger partial charge is 0.347 e. The Hall–Kier alpha value is -3.48. The molecule has 25 heavy (non-hydrogen) atoms. The van der Waals surface area contributed by atoms with E-state index in [1.807, 2.05) is 30.3 Å². The number of imidazole rings is 1. The van der Waals surface area contributed by atoms with E-state index in [4.69, 9.17) is 0 Å². The van der Waals surface area contributed by atoms with Crippen molar-refractivity contribution in [2.45, 2.75) is 13.1 Å². The van der Waals surface area contributed by atoms with E-state index in [1.54, 1.807) is 18.2 Å². The summed E-state index contributed by atoms with van der Waals surface area (Å²) >= 11 is 0. The van der Waals surface area contributed by atoms with Crippen LogP contribution >= 0.6 is 0 Å². The van der Waals surface area contributed by atoms with Crippen molar-refractivity contribution in [3.8, 4) is 0 Å². The minimum absolute atomic E-state index is 0.0288. The fourth-order valence-corrected chi connectivity index (χ4v) is 2.75. The van der Waals surface area contributed by atoms with E-state index < -0.39 is 0 Å². The molecular formula is C18H15N5O2. The molecule has 2 N–H and O–H groups in total. The standard InChI is InChI=1S/C18H15N5O2/c24-16-9-20-23(15-8-4-1-5-12(15)16)11-18(25)19-10-17-21-13-6-2-3-7-14(13)22-17/h1-9H,10-11H2,(H,19,25)(H,21,22). The molecule has 0 bridgehead atoms. The first-order chi connectivity index (χ1) is 12.2. The van der Waals surface area contributed by atoms with Gasteiger partial charge in [-0.2, -0.15) is 5.10 Å². The number of benzene rings is 2. The summed E-state index contributed by atoms with van der Waals surface area (Å²) in [7, 11) is 0. The molecule has 2 aromatic heterocycles. The van der Waals surface area contributed by atoms with Gasteiger partial charge in [0.25, 0.3) is 0 Å². The number of H-pyrrole nitrogens is 1. The average molecular weight is 333 g/mol. The maximum atomic E-state index is 12.2. The number of para-hydroxylation sites is 3. The third-order valence-electron chi connectivity index (χ3n) is 3.95. The van der Waals surface area contributed by atoms with Gasteiger partial charge in [0.1, 0.15) is 12.4 Å². The molecular weight excluding hydrogens is 318 g/mol. The van der Waals surface area contributed by atoms with Gasteiger partial charge in [0.2, 0.25) is 11.3 Å².